The lowest BCUT2D eigenvalue weighted by atomic mass is 9.99. The van der Waals surface area contributed by atoms with Crippen molar-refractivity contribution < 1.29 is 19.4 Å². The van der Waals surface area contributed by atoms with Gasteiger partial charge in [-0.2, -0.15) is 0 Å². The van der Waals surface area contributed by atoms with Gasteiger partial charge in [-0.25, -0.2) is 9.78 Å². The molecule has 1 aliphatic heterocycles. The first-order valence-corrected chi connectivity index (χ1v) is 6.97. The molecule has 1 atom stereocenters. The van der Waals surface area contributed by atoms with E-state index in [-0.39, 0.29) is 12.6 Å². The molecule has 1 aliphatic rings. The van der Waals surface area contributed by atoms with Crippen LogP contribution in [0, 0.1) is 5.92 Å². The Balaban J connectivity index is 1.92. The van der Waals surface area contributed by atoms with Crippen molar-refractivity contribution in [1.82, 2.24) is 9.88 Å². The van der Waals surface area contributed by atoms with E-state index in [1.54, 1.807) is 12.1 Å². The molecule has 7 nitrogen and oxygen atoms in total. The fourth-order valence-electron chi connectivity index (χ4n) is 2.25. The highest BCUT2D eigenvalue weighted by Crippen LogP contribution is 2.18. The smallest absolute Gasteiger partial charge is 0.321 e. The Hall–Kier alpha value is -2.31. The van der Waals surface area contributed by atoms with Gasteiger partial charge in [0.1, 0.15) is 0 Å². The van der Waals surface area contributed by atoms with E-state index in [0.717, 1.165) is 0 Å². The molecule has 0 aromatic carbocycles. The average molecular weight is 293 g/mol. The maximum absolute atomic E-state index is 12.1. The van der Waals surface area contributed by atoms with Gasteiger partial charge in [-0.1, -0.05) is 0 Å². The van der Waals surface area contributed by atoms with E-state index < -0.39 is 11.9 Å². The number of amides is 2. The van der Waals surface area contributed by atoms with E-state index in [2.05, 4.69) is 10.3 Å². The zero-order chi connectivity index (χ0) is 15.2. The number of aliphatic carboxylic acids is 1. The summed E-state index contributed by atoms with van der Waals surface area (Å²) in [5, 5.41) is 11.7. The van der Waals surface area contributed by atoms with Crippen molar-refractivity contribution in [2.75, 3.05) is 25.0 Å². The summed E-state index contributed by atoms with van der Waals surface area (Å²) in [4.78, 5) is 28.7. The Bertz CT molecular complexity index is 503. The van der Waals surface area contributed by atoms with Crippen LogP contribution in [0.25, 0.3) is 0 Å². The third-order valence-electron chi connectivity index (χ3n) is 3.34. The highest BCUT2D eigenvalue weighted by atomic mass is 16.5. The summed E-state index contributed by atoms with van der Waals surface area (Å²) in [5.41, 5.74) is 0.556. The molecule has 0 spiro atoms. The molecule has 1 aromatic heterocycles. The number of ether oxygens (including phenoxy) is 1. The standard InChI is InChI=1S/C14H19N3O4/c1-2-21-12-6-5-11(8-15-12)16-14(20)17-7-3-4-10(9-17)13(18)19/h5-6,8,10H,2-4,7,9H2,1H3,(H,16,20)(H,18,19)/t10-/m0/s1. The van der Waals surface area contributed by atoms with E-state index in [0.29, 0.717) is 37.6 Å². The first-order valence-electron chi connectivity index (χ1n) is 6.97. The molecule has 0 saturated carbocycles. The molecule has 0 bridgehead atoms. The molecule has 2 amide bonds. The summed E-state index contributed by atoms with van der Waals surface area (Å²) in [7, 11) is 0. The largest absolute Gasteiger partial charge is 0.481 e. The number of likely N-dealkylation sites (tertiary alicyclic amines) is 1. The van der Waals surface area contributed by atoms with Gasteiger partial charge in [-0.15, -0.1) is 0 Å². The fourth-order valence-corrected chi connectivity index (χ4v) is 2.25. The van der Waals surface area contributed by atoms with Crippen molar-refractivity contribution in [3.63, 3.8) is 0 Å². The van der Waals surface area contributed by atoms with Gasteiger partial charge < -0.3 is 20.1 Å². The Kier molecular flexibility index (Phi) is 4.97. The summed E-state index contributed by atoms with van der Waals surface area (Å²) in [6.07, 6.45) is 2.83. The molecule has 2 N–H and O–H groups in total. The molecule has 1 fully saturated rings. The number of carbonyl (C=O) groups is 2. The topological polar surface area (TPSA) is 91.8 Å². The molecule has 114 valence electrons. The van der Waals surface area contributed by atoms with Crippen molar-refractivity contribution in [3.8, 4) is 5.88 Å². The van der Waals surface area contributed by atoms with Crippen molar-refractivity contribution in [3.05, 3.63) is 18.3 Å². The van der Waals surface area contributed by atoms with Crippen molar-refractivity contribution in [2.24, 2.45) is 5.92 Å². The molecule has 0 radical (unpaired) electrons. The number of carboxylic acid groups (broad SMARTS) is 1. The first kappa shape index (κ1) is 15.1. The minimum atomic E-state index is -0.852. The second-order valence-corrected chi connectivity index (χ2v) is 4.87. The Morgan fingerprint density at radius 3 is 2.95 bits per heavy atom. The average Bonchev–Trinajstić information content (AvgIpc) is 2.49. The molecule has 0 aliphatic carbocycles. The number of carboxylic acids is 1. The monoisotopic (exact) mass is 293 g/mol. The highest BCUT2D eigenvalue weighted by Gasteiger charge is 2.28. The molecule has 2 rings (SSSR count). The van der Waals surface area contributed by atoms with Gasteiger partial charge in [-0.3, -0.25) is 4.79 Å². The van der Waals surface area contributed by atoms with Crippen LogP contribution in [0.2, 0.25) is 0 Å². The number of pyridine rings is 1. The third-order valence-corrected chi connectivity index (χ3v) is 3.34. The van der Waals surface area contributed by atoms with Gasteiger partial charge in [-0.05, 0) is 25.8 Å². The lowest BCUT2D eigenvalue weighted by molar-refractivity contribution is -0.143. The maximum Gasteiger partial charge on any atom is 0.321 e. The quantitative estimate of drug-likeness (QED) is 0.883. The van der Waals surface area contributed by atoms with Crippen LogP contribution in [0.15, 0.2) is 18.3 Å². The van der Waals surface area contributed by atoms with Gasteiger partial charge in [0.15, 0.2) is 0 Å². The number of hydrogen-bond donors (Lipinski definition) is 2. The summed E-state index contributed by atoms with van der Waals surface area (Å²) in [6.45, 7) is 3.21. The maximum atomic E-state index is 12.1. The minimum Gasteiger partial charge on any atom is -0.481 e. The number of anilines is 1. The minimum absolute atomic E-state index is 0.242. The van der Waals surface area contributed by atoms with Crippen molar-refractivity contribution in [1.29, 1.82) is 0 Å². The van der Waals surface area contributed by atoms with Crippen LogP contribution >= 0.6 is 0 Å². The first-order chi connectivity index (χ1) is 10.1. The Morgan fingerprint density at radius 1 is 1.52 bits per heavy atom. The molecule has 21 heavy (non-hydrogen) atoms. The molecule has 1 saturated heterocycles. The van der Waals surface area contributed by atoms with Gasteiger partial charge in [0.25, 0.3) is 0 Å². The van der Waals surface area contributed by atoms with E-state index in [1.807, 2.05) is 6.92 Å². The number of rotatable bonds is 4. The molecule has 7 heteroatoms. The number of aromatic nitrogens is 1. The number of hydrogen-bond acceptors (Lipinski definition) is 4. The number of urea groups is 1. The predicted molar refractivity (Wildman–Crippen MR) is 76.4 cm³/mol. The molecule has 1 aromatic rings. The van der Waals surface area contributed by atoms with E-state index in [9.17, 15) is 9.59 Å². The lowest BCUT2D eigenvalue weighted by Gasteiger charge is -2.30. The Labute approximate surface area is 122 Å². The van der Waals surface area contributed by atoms with Crippen LogP contribution in [-0.4, -0.2) is 46.7 Å². The van der Waals surface area contributed by atoms with Gasteiger partial charge in [0.05, 0.1) is 24.4 Å². The molecular weight excluding hydrogens is 274 g/mol. The SMILES string of the molecule is CCOc1ccc(NC(=O)N2CCC[C@H](C(=O)O)C2)cn1. The normalized spacial score (nSPS) is 18.1. The molecule has 0 unspecified atom stereocenters. The number of piperidine rings is 1. The van der Waals surface area contributed by atoms with E-state index >= 15 is 0 Å². The van der Waals surface area contributed by atoms with Crippen LogP contribution in [-0.2, 0) is 4.79 Å². The van der Waals surface area contributed by atoms with Crippen molar-refractivity contribution in [2.45, 2.75) is 19.8 Å². The van der Waals surface area contributed by atoms with Crippen LogP contribution in [0.5, 0.6) is 5.88 Å². The summed E-state index contributed by atoms with van der Waals surface area (Å²) in [5.74, 6) is -0.836. The van der Waals surface area contributed by atoms with Crippen LogP contribution in [0.3, 0.4) is 0 Å². The van der Waals surface area contributed by atoms with Gasteiger partial charge >= 0.3 is 12.0 Å². The summed E-state index contributed by atoms with van der Waals surface area (Å²) in [6, 6.07) is 3.08. The van der Waals surface area contributed by atoms with Crippen LogP contribution in [0.4, 0.5) is 10.5 Å². The number of carbonyl (C=O) groups excluding carboxylic acids is 1. The zero-order valence-electron chi connectivity index (χ0n) is 11.9. The zero-order valence-corrected chi connectivity index (χ0v) is 11.9. The third kappa shape index (κ3) is 4.08. The molecule has 2 heterocycles. The number of nitrogens with one attached hydrogen (secondary N) is 1. The fraction of sp³-hybridized carbons (Fsp3) is 0.500. The summed E-state index contributed by atoms with van der Waals surface area (Å²) >= 11 is 0. The second kappa shape index (κ2) is 6.92. The van der Waals surface area contributed by atoms with Crippen LogP contribution in [0.1, 0.15) is 19.8 Å². The van der Waals surface area contributed by atoms with Crippen molar-refractivity contribution >= 4 is 17.7 Å². The predicted octanol–water partition coefficient (Wildman–Crippen LogP) is 1.81. The highest BCUT2D eigenvalue weighted by molar-refractivity contribution is 5.89. The molecular formula is C14H19N3O4. The number of nitrogens with zero attached hydrogens (tertiary/aromatic N) is 2. The Morgan fingerprint density at radius 2 is 2.33 bits per heavy atom. The summed E-state index contributed by atoms with van der Waals surface area (Å²) < 4.78 is 5.22. The van der Waals surface area contributed by atoms with Gasteiger partial charge in [0, 0.05) is 19.2 Å². The van der Waals surface area contributed by atoms with E-state index in [4.69, 9.17) is 9.84 Å². The van der Waals surface area contributed by atoms with E-state index in [1.165, 1.54) is 11.1 Å². The van der Waals surface area contributed by atoms with Gasteiger partial charge in [0.2, 0.25) is 5.88 Å². The van der Waals surface area contributed by atoms with Crippen LogP contribution < -0.4 is 10.1 Å². The second-order valence-electron chi connectivity index (χ2n) is 4.87. The lowest BCUT2D eigenvalue weighted by Crippen LogP contribution is -2.44.